The standard InChI is InChI=1S/2C7H14O2.C3H5N5/c2*1-2-3-4-5-6-7(8)9;4-2-6-1-7-3(5)8-2/h2*2-6H2,1H3,(H,8,9);1H,(H4,4,5,6,7,8). The highest BCUT2D eigenvalue weighted by atomic mass is 16.4. The zero-order valence-corrected chi connectivity index (χ0v) is 15.9. The first-order chi connectivity index (χ1) is 12.3. The quantitative estimate of drug-likeness (QED) is 0.452. The number of aromatic nitrogens is 3. The maximum Gasteiger partial charge on any atom is 0.303 e. The van der Waals surface area contributed by atoms with Gasteiger partial charge in [-0.15, -0.1) is 0 Å². The zero-order valence-electron chi connectivity index (χ0n) is 15.9. The van der Waals surface area contributed by atoms with E-state index in [-0.39, 0.29) is 11.9 Å². The lowest BCUT2D eigenvalue weighted by atomic mass is 10.2. The maximum atomic E-state index is 9.96. The Balaban J connectivity index is 0. The lowest BCUT2D eigenvalue weighted by molar-refractivity contribution is -0.138. The summed E-state index contributed by atoms with van der Waals surface area (Å²) in [6.45, 7) is 4.22. The molecule has 0 saturated carbocycles. The monoisotopic (exact) mass is 371 g/mol. The Morgan fingerprint density at radius 1 is 0.808 bits per heavy atom. The molecule has 0 aromatic carbocycles. The number of hydrogen-bond acceptors (Lipinski definition) is 7. The Labute approximate surface area is 155 Å². The van der Waals surface area contributed by atoms with E-state index in [4.69, 9.17) is 21.7 Å². The van der Waals surface area contributed by atoms with Crippen molar-refractivity contribution < 1.29 is 19.8 Å². The molecule has 1 heterocycles. The highest BCUT2D eigenvalue weighted by Gasteiger charge is 1.94. The SMILES string of the molecule is CCCCCCC(=O)O.CCCCCCC(=O)O.Nc1ncnc(N)n1. The van der Waals surface area contributed by atoms with Crippen LogP contribution in [0, 0.1) is 0 Å². The lowest BCUT2D eigenvalue weighted by Crippen LogP contribution is -2.00. The number of anilines is 2. The molecule has 0 saturated heterocycles. The first-order valence-corrected chi connectivity index (χ1v) is 8.96. The van der Waals surface area contributed by atoms with E-state index in [1.54, 1.807) is 0 Å². The van der Waals surface area contributed by atoms with Crippen LogP contribution in [0.3, 0.4) is 0 Å². The average molecular weight is 371 g/mol. The van der Waals surface area contributed by atoms with Crippen LogP contribution in [-0.2, 0) is 9.59 Å². The van der Waals surface area contributed by atoms with Gasteiger partial charge in [-0.25, -0.2) is 9.97 Å². The van der Waals surface area contributed by atoms with E-state index in [1.807, 2.05) is 0 Å². The van der Waals surface area contributed by atoms with Gasteiger partial charge >= 0.3 is 11.9 Å². The molecule has 9 heteroatoms. The number of nitrogens with two attached hydrogens (primary N) is 2. The van der Waals surface area contributed by atoms with Crippen LogP contribution in [0.15, 0.2) is 6.33 Å². The Kier molecular flexibility index (Phi) is 18.7. The number of nitrogens with zero attached hydrogens (tertiary/aromatic N) is 3. The van der Waals surface area contributed by atoms with Crippen LogP contribution in [0.2, 0.25) is 0 Å². The molecule has 26 heavy (non-hydrogen) atoms. The van der Waals surface area contributed by atoms with Gasteiger partial charge in [-0.3, -0.25) is 9.59 Å². The molecule has 0 fully saturated rings. The first kappa shape index (κ1) is 25.8. The number of aliphatic carboxylic acids is 2. The molecule has 0 amide bonds. The minimum atomic E-state index is -0.675. The van der Waals surface area contributed by atoms with Gasteiger partial charge in [-0.1, -0.05) is 52.4 Å². The molecule has 0 aliphatic carbocycles. The van der Waals surface area contributed by atoms with E-state index >= 15 is 0 Å². The van der Waals surface area contributed by atoms with Crippen molar-refractivity contribution in [1.29, 1.82) is 0 Å². The summed E-state index contributed by atoms with van der Waals surface area (Å²) in [7, 11) is 0. The van der Waals surface area contributed by atoms with Crippen LogP contribution in [0.5, 0.6) is 0 Å². The number of carboxylic acid groups (broad SMARTS) is 2. The van der Waals surface area contributed by atoms with E-state index in [2.05, 4.69) is 28.8 Å². The van der Waals surface area contributed by atoms with Crippen molar-refractivity contribution in [2.75, 3.05) is 11.5 Å². The molecule has 0 bridgehead atoms. The van der Waals surface area contributed by atoms with Crippen molar-refractivity contribution in [1.82, 2.24) is 15.0 Å². The van der Waals surface area contributed by atoms with Gasteiger partial charge in [0.05, 0.1) is 0 Å². The largest absolute Gasteiger partial charge is 0.481 e. The first-order valence-electron chi connectivity index (χ1n) is 8.96. The fraction of sp³-hybridized carbons (Fsp3) is 0.706. The predicted molar refractivity (Wildman–Crippen MR) is 101 cm³/mol. The molecular weight excluding hydrogens is 338 g/mol. The summed E-state index contributed by atoms with van der Waals surface area (Å²) >= 11 is 0. The van der Waals surface area contributed by atoms with E-state index in [0.29, 0.717) is 12.8 Å². The number of carbonyl (C=O) groups is 2. The Morgan fingerprint density at radius 3 is 1.42 bits per heavy atom. The van der Waals surface area contributed by atoms with Crippen molar-refractivity contribution in [3.05, 3.63) is 6.33 Å². The van der Waals surface area contributed by atoms with Gasteiger partial charge in [0.1, 0.15) is 6.33 Å². The third-order valence-corrected chi connectivity index (χ3v) is 3.10. The summed E-state index contributed by atoms with van der Waals surface area (Å²) in [5, 5.41) is 16.4. The predicted octanol–water partition coefficient (Wildman–Crippen LogP) is 3.12. The number of unbranched alkanes of at least 4 members (excludes halogenated alkanes) is 6. The molecule has 0 spiro atoms. The molecule has 0 aliphatic rings. The van der Waals surface area contributed by atoms with Crippen LogP contribution < -0.4 is 11.5 Å². The zero-order chi connectivity index (χ0) is 20.2. The van der Waals surface area contributed by atoms with Crippen LogP contribution in [0.4, 0.5) is 11.9 Å². The van der Waals surface area contributed by atoms with Crippen molar-refractivity contribution >= 4 is 23.8 Å². The summed E-state index contributed by atoms with van der Waals surface area (Å²) in [6, 6.07) is 0. The van der Waals surface area contributed by atoms with Crippen LogP contribution in [-0.4, -0.2) is 37.1 Å². The molecule has 150 valence electrons. The Morgan fingerprint density at radius 2 is 1.19 bits per heavy atom. The minimum Gasteiger partial charge on any atom is -0.481 e. The maximum absolute atomic E-state index is 9.96. The summed E-state index contributed by atoms with van der Waals surface area (Å²) in [6.07, 6.45) is 10.4. The smallest absolute Gasteiger partial charge is 0.303 e. The second-order valence-electron chi connectivity index (χ2n) is 5.61. The molecule has 6 N–H and O–H groups in total. The summed E-state index contributed by atoms with van der Waals surface area (Å²) in [4.78, 5) is 30.5. The van der Waals surface area contributed by atoms with Crippen molar-refractivity contribution in [3.63, 3.8) is 0 Å². The molecule has 0 unspecified atom stereocenters. The van der Waals surface area contributed by atoms with Crippen molar-refractivity contribution in [2.45, 2.75) is 78.1 Å². The van der Waals surface area contributed by atoms with Crippen LogP contribution in [0.1, 0.15) is 78.1 Å². The van der Waals surface area contributed by atoms with Gasteiger partial charge in [0.2, 0.25) is 11.9 Å². The highest BCUT2D eigenvalue weighted by molar-refractivity contribution is 5.66. The number of hydrogen-bond donors (Lipinski definition) is 4. The Bertz CT molecular complexity index is 447. The van der Waals surface area contributed by atoms with Gasteiger partial charge in [0.15, 0.2) is 0 Å². The van der Waals surface area contributed by atoms with Gasteiger partial charge in [-0.2, -0.15) is 4.98 Å². The van der Waals surface area contributed by atoms with Gasteiger partial charge in [0.25, 0.3) is 0 Å². The number of rotatable bonds is 10. The number of carboxylic acids is 2. The minimum absolute atomic E-state index is 0.150. The normalized spacial score (nSPS) is 9.31. The average Bonchev–Trinajstić information content (AvgIpc) is 2.56. The summed E-state index contributed by atoms with van der Waals surface area (Å²) in [5.74, 6) is -1.05. The molecule has 0 radical (unpaired) electrons. The second kappa shape index (κ2) is 18.9. The van der Waals surface area contributed by atoms with E-state index in [1.165, 1.54) is 19.2 Å². The third-order valence-electron chi connectivity index (χ3n) is 3.10. The van der Waals surface area contributed by atoms with Gasteiger partial charge in [0, 0.05) is 12.8 Å². The highest BCUT2D eigenvalue weighted by Crippen LogP contribution is 2.02. The molecule has 0 aliphatic heterocycles. The van der Waals surface area contributed by atoms with E-state index in [0.717, 1.165) is 38.5 Å². The fourth-order valence-electron chi connectivity index (χ4n) is 1.73. The molecule has 0 atom stereocenters. The van der Waals surface area contributed by atoms with Crippen molar-refractivity contribution in [2.24, 2.45) is 0 Å². The lowest BCUT2D eigenvalue weighted by Gasteiger charge is -1.92. The van der Waals surface area contributed by atoms with Crippen molar-refractivity contribution in [3.8, 4) is 0 Å². The van der Waals surface area contributed by atoms with Gasteiger partial charge in [-0.05, 0) is 12.8 Å². The fourth-order valence-corrected chi connectivity index (χ4v) is 1.73. The molecular formula is C17H33N5O4. The van der Waals surface area contributed by atoms with Crippen LogP contribution >= 0.6 is 0 Å². The Hall–Kier alpha value is -2.45. The topological polar surface area (TPSA) is 165 Å². The second-order valence-corrected chi connectivity index (χ2v) is 5.61. The third kappa shape index (κ3) is 23.8. The summed E-state index contributed by atoms with van der Waals surface area (Å²) < 4.78 is 0. The molecule has 1 rings (SSSR count). The molecule has 1 aromatic rings. The van der Waals surface area contributed by atoms with Crippen LogP contribution in [0.25, 0.3) is 0 Å². The van der Waals surface area contributed by atoms with E-state index in [9.17, 15) is 9.59 Å². The molecule has 1 aromatic heterocycles. The molecule has 9 nitrogen and oxygen atoms in total. The number of nitrogen functional groups attached to an aromatic ring is 2. The van der Waals surface area contributed by atoms with Gasteiger partial charge < -0.3 is 21.7 Å². The van der Waals surface area contributed by atoms with E-state index < -0.39 is 11.9 Å². The summed E-state index contributed by atoms with van der Waals surface area (Å²) in [5.41, 5.74) is 10.2.